The fraction of sp³-hybridized carbons (Fsp3) is 0. The summed E-state index contributed by atoms with van der Waals surface area (Å²) in [5.74, 6) is 0. The Morgan fingerprint density at radius 3 is 1.23 bits per heavy atom. The molecule has 0 atom stereocenters. The van der Waals surface area contributed by atoms with Crippen LogP contribution in [-0.4, -0.2) is 28.7 Å². The van der Waals surface area contributed by atoms with Crippen LogP contribution in [0, 0.1) is 0 Å². The van der Waals surface area contributed by atoms with Gasteiger partial charge in [0.05, 0.1) is 66.6 Å². The summed E-state index contributed by atoms with van der Waals surface area (Å²) in [7, 11) is 0. The van der Waals surface area contributed by atoms with Crippen LogP contribution in [0.1, 0.15) is 0 Å². The van der Waals surface area contributed by atoms with E-state index in [0.717, 1.165) is 99.2 Å². The lowest BCUT2D eigenvalue weighted by atomic mass is 10.1. The number of fused-ring (bicyclic) bond motifs is 16. The maximum absolute atomic E-state index is 5.15. The predicted molar refractivity (Wildman–Crippen MR) is 213 cm³/mol. The zero-order valence-electron chi connectivity index (χ0n) is 27.7. The number of aromatic nitrogens is 6. The zero-order chi connectivity index (χ0) is 33.9. The van der Waals surface area contributed by atoms with E-state index < -0.39 is 0 Å². The normalized spacial score (nSPS) is 12.2. The van der Waals surface area contributed by atoms with Gasteiger partial charge >= 0.3 is 0 Å². The SMILES string of the molecule is c1cnc2c(c1)ccc1ccc(-c3ccc4c(c3)cc3c5cc6cc(-c7ccc8ccc9cccnc9c8n7)ccc6n5c5ccccc5n43)nc12. The Hall–Kier alpha value is -7.18. The standard InChI is InChI=1S/C46H26N6/c1-2-8-40-39(7-1)51-37-19-15-31(35-17-13-29-11-9-27-5-3-21-47-43(27)45(29)49-35)23-33(37)25-41(51)42-26-34-24-32(16-20-38(34)52(40)42)36-18-14-30-12-10-28-6-4-22-48-44(28)46(30)50-36/h1-26H. The number of hydrogen-bond donors (Lipinski definition) is 0. The third-order valence-electron chi connectivity index (χ3n) is 10.7. The number of para-hydroxylation sites is 2. The smallest absolute Gasteiger partial charge is 0.0972 e. The first-order valence-electron chi connectivity index (χ1n) is 17.5. The molecule has 5 aromatic carbocycles. The summed E-state index contributed by atoms with van der Waals surface area (Å²) >= 11 is 0. The summed E-state index contributed by atoms with van der Waals surface area (Å²) in [6.07, 6.45) is 3.68. The lowest BCUT2D eigenvalue weighted by Crippen LogP contribution is -1.96. The monoisotopic (exact) mass is 662 g/mol. The van der Waals surface area contributed by atoms with Gasteiger partial charge in [0.15, 0.2) is 0 Å². The molecule has 12 aromatic rings. The minimum absolute atomic E-state index is 0.925. The highest BCUT2D eigenvalue weighted by atomic mass is 15.0. The summed E-state index contributed by atoms with van der Waals surface area (Å²) in [6, 6.07) is 51.8. The van der Waals surface area contributed by atoms with E-state index in [1.807, 2.05) is 24.5 Å². The molecule has 0 saturated heterocycles. The van der Waals surface area contributed by atoms with Crippen LogP contribution in [0.5, 0.6) is 0 Å². The first-order valence-corrected chi connectivity index (χ1v) is 17.5. The van der Waals surface area contributed by atoms with Crippen LogP contribution in [-0.2, 0) is 0 Å². The largest absolute Gasteiger partial charge is 0.306 e. The number of nitrogens with zero attached hydrogens (tertiary/aromatic N) is 6. The third kappa shape index (κ3) is 3.83. The molecule has 6 nitrogen and oxygen atoms in total. The van der Waals surface area contributed by atoms with Gasteiger partial charge in [0.1, 0.15) is 0 Å². The van der Waals surface area contributed by atoms with Crippen molar-refractivity contribution < 1.29 is 0 Å². The molecule has 0 fully saturated rings. The van der Waals surface area contributed by atoms with Crippen LogP contribution in [0.3, 0.4) is 0 Å². The number of rotatable bonds is 2. The summed E-state index contributed by atoms with van der Waals surface area (Å²) in [5, 5.41) is 6.70. The van der Waals surface area contributed by atoms with E-state index in [-0.39, 0.29) is 0 Å². The van der Waals surface area contributed by atoms with E-state index in [2.05, 4.69) is 152 Å². The molecular formula is C46H26N6. The molecule has 0 bridgehead atoms. The summed E-state index contributed by atoms with van der Waals surface area (Å²) in [6.45, 7) is 0. The zero-order valence-corrected chi connectivity index (χ0v) is 27.7. The summed E-state index contributed by atoms with van der Waals surface area (Å²) < 4.78 is 4.80. The molecule has 0 N–H and O–H groups in total. The second-order valence-corrected chi connectivity index (χ2v) is 13.6. The summed E-state index contributed by atoms with van der Waals surface area (Å²) in [4.78, 5) is 19.6. The van der Waals surface area contributed by atoms with Crippen molar-refractivity contribution in [3.05, 3.63) is 158 Å². The van der Waals surface area contributed by atoms with Gasteiger partial charge in [-0.2, -0.15) is 0 Å². The molecule has 0 aliphatic heterocycles. The van der Waals surface area contributed by atoms with Crippen molar-refractivity contribution in [1.29, 1.82) is 0 Å². The summed E-state index contributed by atoms with van der Waals surface area (Å²) in [5.41, 5.74) is 14.7. The molecular weight excluding hydrogens is 637 g/mol. The van der Waals surface area contributed by atoms with Gasteiger partial charge in [-0.3, -0.25) is 9.97 Å². The molecule has 0 unspecified atom stereocenters. The van der Waals surface area contributed by atoms with Crippen molar-refractivity contribution in [2.24, 2.45) is 0 Å². The van der Waals surface area contributed by atoms with Crippen LogP contribution in [0.25, 0.3) is 110 Å². The lowest BCUT2D eigenvalue weighted by Gasteiger charge is -2.10. The highest BCUT2D eigenvalue weighted by molar-refractivity contribution is 6.08. The maximum atomic E-state index is 5.15. The van der Waals surface area contributed by atoms with Crippen LogP contribution < -0.4 is 0 Å². The Labute approximate surface area is 295 Å². The van der Waals surface area contributed by atoms with Gasteiger partial charge in [-0.05, 0) is 72.8 Å². The molecule has 12 rings (SSSR count). The molecule has 0 spiro atoms. The van der Waals surface area contributed by atoms with E-state index >= 15 is 0 Å². The van der Waals surface area contributed by atoms with Gasteiger partial charge in [0.25, 0.3) is 0 Å². The van der Waals surface area contributed by atoms with Crippen LogP contribution >= 0.6 is 0 Å². The molecule has 0 aliphatic carbocycles. The fourth-order valence-corrected chi connectivity index (χ4v) is 8.26. The van der Waals surface area contributed by atoms with Crippen molar-refractivity contribution in [2.75, 3.05) is 0 Å². The molecule has 7 aromatic heterocycles. The van der Waals surface area contributed by atoms with Crippen molar-refractivity contribution in [1.82, 2.24) is 28.7 Å². The Morgan fingerprint density at radius 1 is 0.308 bits per heavy atom. The van der Waals surface area contributed by atoms with Crippen LogP contribution in [0.15, 0.2) is 158 Å². The Balaban J connectivity index is 1.06. The molecule has 0 amide bonds. The molecule has 7 heterocycles. The highest BCUT2D eigenvalue weighted by Gasteiger charge is 2.17. The average Bonchev–Trinajstić information content (AvgIpc) is 3.79. The van der Waals surface area contributed by atoms with Crippen molar-refractivity contribution in [3.63, 3.8) is 0 Å². The Bertz CT molecular complexity index is 3250. The minimum atomic E-state index is 0.925. The average molecular weight is 663 g/mol. The van der Waals surface area contributed by atoms with Crippen molar-refractivity contribution >= 4 is 87.5 Å². The van der Waals surface area contributed by atoms with Gasteiger partial charge in [-0.1, -0.05) is 72.8 Å². The lowest BCUT2D eigenvalue weighted by molar-refractivity contribution is 1.25. The van der Waals surface area contributed by atoms with Gasteiger partial charge in [0, 0.05) is 55.8 Å². The minimum Gasteiger partial charge on any atom is -0.306 e. The third-order valence-corrected chi connectivity index (χ3v) is 10.7. The highest BCUT2D eigenvalue weighted by Crippen LogP contribution is 2.37. The number of pyridine rings is 4. The quantitative estimate of drug-likeness (QED) is 0.173. The molecule has 0 saturated carbocycles. The first-order chi connectivity index (χ1) is 25.7. The van der Waals surface area contributed by atoms with E-state index in [0.29, 0.717) is 0 Å². The molecule has 0 radical (unpaired) electrons. The molecule has 52 heavy (non-hydrogen) atoms. The number of benzene rings is 5. The van der Waals surface area contributed by atoms with E-state index in [1.165, 1.54) is 10.8 Å². The Kier molecular flexibility index (Phi) is 5.41. The topological polar surface area (TPSA) is 60.4 Å². The maximum Gasteiger partial charge on any atom is 0.0972 e. The second-order valence-electron chi connectivity index (χ2n) is 13.6. The van der Waals surface area contributed by atoms with E-state index in [9.17, 15) is 0 Å². The van der Waals surface area contributed by atoms with Gasteiger partial charge in [0.2, 0.25) is 0 Å². The molecule has 6 heteroatoms. The van der Waals surface area contributed by atoms with E-state index in [4.69, 9.17) is 9.97 Å². The Morgan fingerprint density at radius 2 is 0.750 bits per heavy atom. The van der Waals surface area contributed by atoms with E-state index in [1.54, 1.807) is 0 Å². The second kappa shape index (κ2) is 10.2. The first kappa shape index (κ1) is 27.6. The van der Waals surface area contributed by atoms with Crippen molar-refractivity contribution in [3.8, 4) is 22.5 Å². The van der Waals surface area contributed by atoms with Gasteiger partial charge in [-0.15, -0.1) is 0 Å². The van der Waals surface area contributed by atoms with Gasteiger partial charge < -0.3 is 8.80 Å². The van der Waals surface area contributed by atoms with Crippen LogP contribution in [0.2, 0.25) is 0 Å². The van der Waals surface area contributed by atoms with Crippen molar-refractivity contribution in [2.45, 2.75) is 0 Å². The molecule has 0 aliphatic rings. The fourth-order valence-electron chi connectivity index (χ4n) is 8.26. The van der Waals surface area contributed by atoms with Gasteiger partial charge in [-0.25, -0.2) is 9.97 Å². The number of hydrogen-bond acceptors (Lipinski definition) is 4. The predicted octanol–water partition coefficient (Wildman–Crippen LogP) is 11.2. The van der Waals surface area contributed by atoms with Crippen LogP contribution in [0.4, 0.5) is 0 Å². The molecule has 240 valence electrons.